The van der Waals surface area contributed by atoms with Gasteiger partial charge < -0.3 is 50.6 Å². The molecule has 2 aliphatic carbocycles. The first-order valence-electron chi connectivity index (χ1n) is 30.4. The Morgan fingerprint density at radius 1 is 0.716 bits per heavy atom. The quantitative estimate of drug-likeness (QED) is 0.0299. The molecule has 478 valence electrons. The standard InChI is InChI=1S/C64H83F2N7O11S.O2S/c1-5-41(2)61(76)71-54(40-69-38-44-21-25-50(26-22-44)85(66,80)81)64(79)73-28-11-18-56(73)62(77)70-53-34-46-14-7-9-16-52(46)60(53)83-30-12-29-82-31-32-84-59-47(33-45-13-6-8-15-51(45)59)35-58(75)55-17-10-27-72(55)63(78)48(36-57(74)42(3)67-4)39-68-37-43-19-23-49(65)24-20-43;1-3-2/h6-9,13-16,19-26,41-42,47-48,53-56,59-60,67-69H,5,10-12,17-18,27-40H2,1-4H3,(H,70,77)(H,71,76);/t41-,42+,47+,48+,53-,54+,55+,56+,59-,60+;/m1./s1. The number of ketones is 2. The average molecular weight is 1260 g/mol. The number of carbonyl (C=O) groups is 6. The third-order valence-electron chi connectivity index (χ3n) is 17.1. The van der Waals surface area contributed by atoms with E-state index in [0.29, 0.717) is 96.4 Å². The van der Waals surface area contributed by atoms with Crippen molar-refractivity contribution >= 4 is 57.0 Å². The monoisotopic (exact) mass is 1260 g/mol. The summed E-state index contributed by atoms with van der Waals surface area (Å²) in [5.74, 6) is -2.91. The van der Waals surface area contributed by atoms with Gasteiger partial charge in [0.1, 0.15) is 29.8 Å². The van der Waals surface area contributed by atoms with Crippen molar-refractivity contribution in [2.75, 3.05) is 59.7 Å². The highest BCUT2D eigenvalue weighted by Crippen LogP contribution is 2.42. The lowest BCUT2D eigenvalue weighted by atomic mass is 9.92. The summed E-state index contributed by atoms with van der Waals surface area (Å²) in [6, 6.07) is 24.1. The lowest BCUT2D eigenvalue weighted by Gasteiger charge is -2.31. The highest BCUT2D eigenvalue weighted by Gasteiger charge is 2.43. The Morgan fingerprint density at radius 2 is 1.30 bits per heavy atom. The maximum absolute atomic E-state index is 14.3. The number of nitrogens with one attached hydrogen (secondary N) is 5. The zero-order chi connectivity index (χ0) is 63.3. The second kappa shape index (κ2) is 33.9. The Morgan fingerprint density at radius 3 is 1.93 bits per heavy atom. The van der Waals surface area contributed by atoms with Crippen LogP contribution in [0.1, 0.15) is 118 Å². The van der Waals surface area contributed by atoms with Crippen molar-refractivity contribution in [3.05, 3.63) is 136 Å². The Bertz CT molecular complexity index is 3160. The molecule has 0 spiro atoms. The number of hydrogen-bond donors (Lipinski definition) is 5. The second-order valence-corrected chi connectivity index (χ2v) is 24.5. The minimum absolute atomic E-state index is 0.0108. The first-order chi connectivity index (χ1) is 42.3. The normalized spacial score (nSPS) is 20.8. The fraction of sp³-hybridized carbons (Fsp3) is 0.531. The van der Waals surface area contributed by atoms with Gasteiger partial charge in [0.25, 0.3) is 0 Å². The topological polar surface area (TPSA) is 265 Å². The van der Waals surface area contributed by atoms with Gasteiger partial charge in [-0.3, -0.25) is 28.8 Å². The molecule has 0 aromatic heterocycles. The third kappa shape index (κ3) is 19.0. The van der Waals surface area contributed by atoms with Crippen LogP contribution in [0.2, 0.25) is 0 Å². The number of amides is 4. The molecule has 0 radical (unpaired) electrons. The van der Waals surface area contributed by atoms with Crippen molar-refractivity contribution in [1.29, 1.82) is 0 Å². The molecule has 88 heavy (non-hydrogen) atoms. The lowest BCUT2D eigenvalue weighted by molar-refractivity contribution is -0.143. The van der Waals surface area contributed by atoms with Gasteiger partial charge in [-0.15, -0.1) is 3.89 Å². The molecule has 0 unspecified atom stereocenters. The molecule has 8 rings (SSSR count). The Balaban J connectivity index is 0.00000361. The van der Waals surface area contributed by atoms with E-state index in [9.17, 15) is 45.5 Å². The zero-order valence-corrected chi connectivity index (χ0v) is 52.1. The largest absolute Gasteiger partial charge is 0.379 e. The van der Waals surface area contributed by atoms with E-state index in [2.05, 4.69) is 32.7 Å². The number of carbonyl (C=O) groups excluding carboxylic acids is 6. The van der Waals surface area contributed by atoms with E-state index in [1.807, 2.05) is 49.4 Å². The number of rotatable bonds is 32. The minimum atomic E-state index is -4.86. The highest BCUT2D eigenvalue weighted by atomic mass is 32.3. The van der Waals surface area contributed by atoms with E-state index in [4.69, 9.17) is 22.6 Å². The molecule has 4 aliphatic rings. The fourth-order valence-corrected chi connectivity index (χ4v) is 12.5. The SMILES string of the molecule is CC[C@@H](C)C(=O)N[C@@H](CNCc1ccc(S(=O)(=O)F)cc1)C(=O)N1CCC[C@H]1C(=O)N[C@@H]1Cc2ccccc2[C@@H]1OCCCOCCO[C@H]1c2ccccc2C[C@H]1CC(=O)[C@@H]1CCCN1C(=O)[C@H](CNCc1ccc(F)cc1)CC(=O)[C@H](C)NC.O=S=O. The minimum Gasteiger partial charge on any atom is -0.379 e. The van der Waals surface area contributed by atoms with Crippen LogP contribution in [0.4, 0.5) is 8.28 Å². The van der Waals surface area contributed by atoms with Crippen LogP contribution in [-0.2, 0) is 90.7 Å². The number of ether oxygens (including phenoxy) is 3. The van der Waals surface area contributed by atoms with E-state index < -0.39 is 74.8 Å². The number of likely N-dealkylation sites (N-methyl/N-ethyl adjacent to an activating group) is 1. The number of Topliss-reactive ketones (excluding diaryl/α,β-unsaturated/α-hetero) is 2. The zero-order valence-electron chi connectivity index (χ0n) is 50.4. The van der Waals surface area contributed by atoms with Gasteiger partial charge in [0.05, 0.1) is 48.3 Å². The maximum Gasteiger partial charge on any atom is 0.335 e. The van der Waals surface area contributed by atoms with Crippen molar-refractivity contribution in [2.24, 2.45) is 17.8 Å². The Kier molecular flexibility index (Phi) is 26.6. The molecule has 2 heterocycles. The van der Waals surface area contributed by atoms with Crippen molar-refractivity contribution in [3.63, 3.8) is 0 Å². The van der Waals surface area contributed by atoms with Crippen molar-refractivity contribution in [3.8, 4) is 0 Å². The van der Waals surface area contributed by atoms with E-state index in [1.165, 1.54) is 29.2 Å². The summed E-state index contributed by atoms with van der Waals surface area (Å²) in [6.45, 7) is 8.29. The number of halogens is 2. The Labute approximate surface area is 518 Å². The molecule has 4 amide bonds. The number of fused-ring (bicyclic) bond motifs is 2. The molecule has 0 bridgehead atoms. The summed E-state index contributed by atoms with van der Waals surface area (Å²) >= 11 is -0.750. The van der Waals surface area contributed by atoms with Crippen LogP contribution in [0.3, 0.4) is 0 Å². The molecule has 5 N–H and O–H groups in total. The second-order valence-electron chi connectivity index (χ2n) is 23.1. The number of benzene rings is 4. The van der Waals surface area contributed by atoms with Crippen molar-refractivity contribution < 1.29 is 68.1 Å². The summed E-state index contributed by atoms with van der Waals surface area (Å²) in [4.78, 5) is 86.3. The molecule has 4 aromatic carbocycles. The van der Waals surface area contributed by atoms with Gasteiger partial charge in [0.2, 0.25) is 23.6 Å². The molecule has 0 saturated carbocycles. The molecular formula is C64H83F2N7O13S2. The smallest absolute Gasteiger partial charge is 0.335 e. The number of hydrogen-bond acceptors (Lipinski definition) is 16. The molecule has 2 aliphatic heterocycles. The van der Waals surface area contributed by atoms with Gasteiger partial charge in [-0.1, -0.05) is 86.6 Å². The van der Waals surface area contributed by atoms with E-state index >= 15 is 0 Å². The molecule has 4 aromatic rings. The third-order valence-corrected chi connectivity index (χ3v) is 18.0. The molecule has 20 nitrogen and oxygen atoms in total. The van der Waals surface area contributed by atoms with Crippen LogP contribution < -0.4 is 26.6 Å². The summed E-state index contributed by atoms with van der Waals surface area (Å²) in [5, 5.41) is 15.5. The average Bonchev–Trinajstić information content (AvgIpc) is 3.73. The van der Waals surface area contributed by atoms with Crippen LogP contribution in [0.15, 0.2) is 102 Å². The summed E-state index contributed by atoms with van der Waals surface area (Å²) in [6.07, 6.45) is 3.96. The van der Waals surface area contributed by atoms with Gasteiger partial charge >= 0.3 is 21.8 Å². The summed E-state index contributed by atoms with van der Waals surface area (Å²) in [7, 11) is -3.16. The van der Waals surface area contributed by atoms with Gasteiger partial charge in [-0.2, -0.15) is 16.8 Å². The van der Waals surface area contributed by atoms with Gasteiger partial charge in [-0.25, -0.2) is 4.39 Å². The van der Waals surface area contributed by atoms with Crippen molar-refractivity contribution in [1.82, 2.24) is 36.4 Å². The predicted molar refractivity (Wildman–Crippen MR) is 324 cm³/mol. The van der Waals surface area contributed by atoms with Crippen LogP contribution in [0.5, 0.6) is 0 Å². The molecular weight excluding hydrogens is 1180 g/mol. The van der Waals surface area contributed by atoms with Crippen LogP contribution in [-0.4, -0.2) is 152 Å². The molecule has 10 atom stereocenters. The highest BCUT2D eigenvalue weighted by molar-refractivity contribution is 7.86. The summed E-state index contributed by atoms with van der Waals surface area (Å²) < 4.78 is 85.4. The maximum atomic E-state index is 14.3. The van der Waals surface area contributed by atoms with E-state index in [1.54, 1.807) is 37.9 Å². The van der Waals surface area contributed by atoms with Crippen LogP contribution >= 0.6 is 0 Å². The van der Waals surface area contributed by atoms with E-state index in [0.717, 1.165) is 39.9 Å². The first kappa shape index (κ1) is 69.0. The number of likely N-dealkylation sites (tertiary alicyclic amines) is 2. The first-order valence-corrected chi connectivity index (χ1v) is 32.4. The Hall–Kier alpha value is -6.51. The van der Waals surface area contributed by atoms with Gasteiger partial charge in [-0.05, 0) is 123 Å². The summed E-state index contributed by atoms with van der Waals surface area (Å²) in [5.41, 5.74) is 5.65. The van der Waals surface area contributed by atoms with Crippen LogP contribution in [0, 0.1) is 23.6 Å². The fourth-order valence-electron chi connectivity index (χ4n) is 12.1. The van der Waals surface area contributed by atoms with Crippen molar-refractivity contribution in [2.45, 2.75) is 145 Å². The van der Waals surface area contributed by atoms with Gasteiger partial charge in [0.15, 0.2) is 5.78 Å². The molecule has 24 heteroatoms. The van der Waals surface area contributed by atoms with Gasteiger partial charge in [0, 0.05) is 77.2 Å². The van der Waals surface area contributed by atoms with E-state index in [-0.39, 0.29) is 92.1 Å². The van der Waals surface area contributed by atoms with Crippen LogP contribution in [0.25, 0.3) is 0 Å². The predicted octanol–water partition coefficient (Wildman–Crippen LogP) is 5.48. The number of nitrogens with zero attached hydrogens (tertiary/aromatic N) is 2. The lowest BCUT2D eigenvalue weighted by Crippen LogP contribution is -2.57. The molecule has 2 fully saturated rings. The molecule has 2 saturated heterocycles.